The summed E-state index contributed by atoms with van der Waals surface area (Å²) in [5.41, 5.74) is -1.16. The Morgan fingerprint density at radius 1 is 1.13 bits per heavy atom. The number of nitrogens with zero attached hydrogens (tertiary/aromatic N) is 5. The third kappa shape index (κ3) is 4.47. The normalized spacial score (nSPS) is 11.4. The second kappa shape index (κ2) is 8.59. The van der Waals surface area contributed by atoms with Crippen molar-refractivity contribution >= 4 is 27.2 Å². The predicted octanol–water partition coefficient (Wildman–Crippen LogP) is 1.90. The number of hydrogen-bond donors (Lipinski definition) is 1. The van der Waals surface area contributed by atoms with Gasteiger partial charge in [0.2, 0.25) is 0 Å². The number of azo groups is 1. The molecule has 1 aromatic heterocycles. The molecule has 0 spiro atoms. The molecule has 1 radical (unpaired) electrons. The number of para-hydroxylation sites is 1. The maximum Gasteiger partial charge on any atom is 3.00 e. The van der Waals surface area contributed by atoms with Crippen molar-refractivity contribution < 1.29 is 45.5 Å². The van der Waals surface area contributed by atoms with Gasteiger partial charge >= 0.3 is 17.4 Å². The van der Waals surface area contributed by atoms with Crippen molar-refractivity contribution in [3.05, 3.63) is 58.3 Å². The maximum atomic E-state index is 12.5. The summed E-state index contributed by atoms with van der Waals surface area (Å²) in [7, 11) is -5.04. The molecule has 0 amide bonds. The molecule has 1 heterocycles. The van der Waals surface area contributed by atoms with Gasteiger partial charge in [-0.15, -0.1) is 5.11 Å². The van der Waals surface area contributed by atoms with E-state index in [0.717, 1.165) is 4.68 Å². The zero-order valence-electron chi connectivity index (χ0n) is 15.0. The molecule has 1 N–H and O–H groups in total. The van der Waals surface area contributed by atoms with Crippen LogP contribution in [0.5, 0.6) is 11.6 Å². The summed E-state index contributed by atoms with van der Waals surface area (Å²) >= 11 is 0. The van der Waals surface area contributed by atoms with Crippen molar-refractivity contribution in [2.24, 2.45) is 10.2 Å². The van der Waals surface area contributed by atoms with E-state index in [4.69, 9.17) is 4.55 Å². The average molecular weight is 469 g/mol. The molecular weight excluding hydrogens is 458 g/mol. The Hall–Kier alpha value is -3.31. The fourth-order valence-corrected chi connectivity index (χ4v) is 3.01. The van der Waals surface area contributed by atoms with Crippen LogP contribution in [0.25, 0.3) is 5.69 Å². The molecule has 0 aliphatic rings. The third-order valence-electron chi connectivity index (χ3n) is 3.75. The minimum atomic E-state index is -5.04. The number of benzene rings is 2. The molecule has 0 aliphatic carbocycles. The van der Waals surface area contributed by atoms with E-state index < -0.39 is 42.9 Å². The molecule has 0 atom stereocenters. The van der Waals surface area contributed by atoms with E-state index in [2.05, 4.69) is 15.3 Å². The van der Waals surface area contributed by atoms with Crippen LogP contribution in [-0.2, 0) is 27.5 Å². The summed E-state index contributed by atoms with van der Waals surface area (Å²) in [5.74, 6) is -1.97. The van der Waals surface area contributed by atoms with Crippen molar-refractivity contribution in [1.29, 1.82) is 0 Å². The van der Waals surface area contributed by atoms with Crippen LogP contribution in [-0.4, -0.2) is 27.7 Å². The van der Waals surface area contributed by atoms with Gasteiger partial charge in [0, 0.05) is 18.0 Å². The number of non-ortho nitro benzene ring substituents is 1. The van der Waals surface area contributed by atoms with Gasteiger partial charge in [-0.05, 0) is 19.1 Å². The Kier molecular flexibility index (Phi) is 6.58. The topological polar surface area (TPSA) is 186 Å². The van der Waals surface area contributed by atoms with E-state index in [1.54, 1.807) is 30.3 Å². The Morgan fingerprint density at radius 2 is 1.77 bits per heavy atom. The molecule has 3 rings (SSSR count). The Balaban J connectivity index is 0.00000320. The second-order valence-corrected chi connectivity index (χ2v) is 7.10. The zero-order valence-corrected chi connectivity index (χ0v) is 17.1. The van der Waals surface area contributed by atoms with E-state index in [9.17, 15) is 28.7 Å². The van der Waals surface area contributed by atoms with E-state index >= 15 is 0 Å². The molecule has 14 heteroatoms. The fourth-order valence-electron chi connectivity index (χ4n) is 2.41. The molecule has 0 saturated heterocycles. The fraction of sp³-hybridized carbons (Fsp3) is 0.0625. The zero-order chi connectivity index (χ0) is 21.3. The minimum Gasteiger partial charge on any atom is -0.870 e. The van der Waals surface area contributed by atoms with Crippen molar-refractivity contribution in [3.63, 3.8) is 0 Å². The van der Waals surface area contributed by atoms with Gasteiger partial charge in [0.15, 0.2) is 0 Å². The van der Waals surface area contributed by atoms with Crippen molar-refractivity contribution in [3.8, 4) is 17.3 Å². The predicted molar refractivity (Wildman–Crippen MR) is 94.3 cm³/mol. The molecule has 0 aliphatic heterocycles. The van der Waals surface area contributed by atoms with Crippen molar-refractivity contribution in [2.45, 2.75) is 11.8 Å². The summed E-state index contributed by atoms with van der Waals surface area (Å²) in [6.45, 7) is 1.46. The van der Waals surface area contributed by atoms with E-state index in [0.29, 0.717) is 17.8 Å². The molecular formula is C16H11CrN5O7S+. The number of hydrogen-bond acceptors (Lipinski definition) is 9. The van der Waals surface area contributed by atoms with Gasteiger partial charge < -0.3 is 10.2 Å². The molecule has 30 heavy (non-hydrogen) atoms. The van der Waals surface area contributed by atoms with Gasteiger partial charge in [0.1, 0.15) is 5.69 Å². The van der Waals surface area contributed by atoms with Gasteiger partial charge in [-0.25, -0.2) is 4.68 Å². The van der Waals surface area contributed by atoms with Crippen LogP contribution in [0, 0.1) is 17.0 Å². The number of nitro benzene ring substituents is 1. The molecule has 3 aromatic rings. The van der Waals surface area contributed by atoms with Crippen LogP contribution in [0.4, 0.5) is 17.1 Å². The number of aryl methyl sites for hydroxylation is 1. The summed E-state index contributed by atoms with van der Waals surface area (Å²) in [5, 5.41) is 46.9. The average Bonchev–Trinajstić information content (AvgIpc) is 2.94. The van der Waals surface area contributed by atoms with Crippen LogP contribution in [0.15, 0.2) is 57.6 Å². The van der Waals surface area contributed by atoms with Crippen molar-refractivity contribution in [1.82, 2.24) is 9.78 Å². The molecule has 2 aromatic carbocycles. The smallest absolute Gasteiger partial charge is 0.870 e. The molecule has 0 fully saturated rings. The SMILES string of the molecule is Cc1nn(-c2ccccc2)c([O-])c1N=Nc1cc([N+](=O)[O-])cc(S(=O)(=O)O)c1[O-].[Cr+3]. The molecule has 0 saturated carbocycles. The van der Waals surface area contributed by atoms with Crippen LogP contribution in [0.1, 0.15) is 5.69 Å². The number of rotatable bonds is 5. The minimum absolute atomic E-state index is 0. The first kappa shape index (κ1) is 23.0. The van der Waals surface area contributed by atoms with Crippen molar-refractivity contribution in [2.75, 3.05) is 0 Å². The van der Waals surface area contributed by atoms with Crippen LogP contribution >= 0.6 is 0 Å². The number of nitro groups is 1. The molecule has 0 unspecified atom stereocenters. The quantitative estimate of drug-likeness (QED) is 0.254. The number of aromatic nitrogens is 2. The Morgan fingerprint density at radius 3 is 2.33 bits per heavy atom. The van der Waals surface area contributed by atoms with Crippen LogP contribution < -0.4 is 10.2 Å². The summed E-state index contributed by atoms with van der Waals surface area (Å²) in [6, 6.07) is 9.48. The van der Waals surface area contributed by atoms with Gasteiger partial charge in [-0.2, -0.15) is 18.6 Å². The monoisotopic (exact) mass is 469 g/mol. The molecule has 12 nitrogen and oxygen atoms in total. The second-order valence-electron chi connectivity index (χ2n) is 5.71. The van der Waals surface area contributed by atoms with Gasteiger partial charge in [-0.3, -0.25) is 14.7 Å². The Labute approximate surface area is 180 Å². The van der Waals surface area contributed by atoms with Gasteiger partial charge in [0.25, 0.3) is 15.8 Å². The first-order valence-electron chi connectivity index (χ1n) is 7.80. The maximum absolute atomic E-state index is 12.5. The molecule has 0 bridgehead atoms. The van der Waals surface area contributed by atoms with E-state index in [1.807, 2.05) is 0 Å². The summed E-state index contributed by atoms with van der Waals surface area (Å²) in [4.78, 5) is 8.79. The first-order valence-corrected chi connectivity index (χ1v) is 9.24. The third-order valence-corrected chi connectivity index (χ3v) is 4.61. The van der Waals surface area contributed by atoms with Crippen LogP contribution in [0.3, 0.4) is 0 Å². The summed E-state index contributed by atoms with van der Waals surface area (Å²) < 4.78 is 32.8. The first-order chi connectivity index (χ1) is 13.6. The van der Waals surface area contributed by atoms with Crippen LogP contribution in [0.2, 0.25) is 0 Å². The van der Waals surface area contributed by atoms with Gasteiger partial charge in [-0.1, -0.05) is 23.9 Å². The van der Waals surface area contributed by atoms with E-state index in [1.165, 1.54) is 6.92 Å². The largest absolute Gasteiger partial charge is 3.00 e. The molecule has 153 valence electrons. The van der Waals surface area contributed by atoms with Gasteiger partial charge in [0.05, 0.1) is 26.9 Å². The summed E-state index contributed by atoms with van der Waals surface area (Å²) in [6.07, 6.45) is 0. The Bertz CT molecular complexity index is 1240. The standard InChI is InChI=1S/C16H13N5O7S.Cr/c1-9-14(16(23)20(19-9)10-5-3-2-4-6-10)18-17-12-7-11(21(24)25)8-13(15(12)22)29(26,27)28;/h2-8,22-23H,1H3,(H,26,27,28);/q;+3/p-2. The van der Waals surface area contributed by atoms with E-state index in [-0.39, 0.29) is 28.7 Å².